The first kappa shape index (κ1) is 9.87. The predicted molar refractivity (Wildman–Crippen MR) is 67.0 cm³/mol. The van der Waals surface area contributed by atoms with Crippen molar-refractivity contribution in [2.45, 2.75) is 9.79 Å². The second-order valence-corrected chi connectivity index (χ2v) is 5.04. The third-order valence-corrected chi connectivity index (χ3v) is 3.80. The number of aromatic hydroxyl groups is 1. The number of nitrogens with one attached hydrogen (secondary N) is 1. The van der Waals surface area contributed by atoms with Crippen LogP contribution < -0.4 is 5.32 Å². The molecule has 2 nitrogen and oxygen atoms in total. The SMILES string of the molecule is Oc1cccc2c1Nc1cc(Cl)ccc1S2. The smallest absolute Gasteiger partial charge is 0.140 e. The molecule has 4 heteroatoms. The van der Waals surface area contributed by atoms with Crippen molar-refractivity contribution < 1.29 is 5.11 Å². The summed E-state index contributed by atoms with van der Waals surface area (Å²) in [6, 6.07) is 11.2. The summed E-state index contributed by atoms with van der Waals surface area (Å²) in [5.74, 6) is 0.260. The first-order valence-corrected chi connectivity index (χ1v) is 6.00. The maximum atomic E-state index is 9.74. The first-order valence-electron chi connectivity index (χ1n) is 4.80. The number of rotatable bonds is 0. The maximum absolute atomic E-state index is 9.74. The van der Waals surface area contributed by atoms with Gasteiger partial charge in [0.25, 0.3) is 0 Å². The second kappa shape index (κ2) is 3.61. The number of hydrogen-bond acceptors (Lipinski definition) is 3. The molecule has 1 heterocycles. The summed E-state index contributed by atoms with van der Waals surface area (Å²) in [7, 11) is 0. The molecule has 0 saturated carbocycles. The number of hydrogen-bond donors (Lipinski definition) is 2. The van der Waals surface area contributed by atoms with Crippen molar-refractivity contribution in [3.05, 3.63) is 41.4 Å². The Hall–Kier alpha value is -1.32. The van der Waals surface area contributed by atoms with E-state index in [1.54, 1.807) is 17.8 Å². The van der Waals surface area contributed by atoms with Gasteiger partial charge in [-0.05, 0) is 30.3 Å². The van der Waals surface area contributed by atoms with Gasteiger partial charge in [-0.3, -0.25) is 0 Å². The summed E-state index contributed by atoms with van der Waals surface area (Å²) < 4.78 is 0. The number of halogens is 1. The van der Waals surface area contributed by atoms with Crippen molar-refractivity contribution in [2.75, 3.05) is 5.32 Å². The third-order valence-electron chi connectivity index (χ3n) is 2.43. The largest absolute Gasteiger partial charge is 0.506 e. The highest BCUT2D eigenvalue weighted by molar-refractivity contribution is 7.99. The van der Waals surface area contributed by atoms with Gasteiger partial charge in [-0.2, -0.15) is 0 Å². The summed E-state index contributed by atoms with van der Waals surface area (Å²) in [5, 5.41) is 13.6. The van der Waals surface area contributed by atoms with Crippen LogP contribution in [0.1, 0.15) is 0 Å². The number of fused-ring (bicyclic) bond motifs is 2. The summed E-state index contributed by atoms with van der Waals surface area (Å²) >= 11 is 7.56. The molecule has 0 atom stereocenters. The van der Waals surface area contributed by atoms with Crippen molar-refractivity contribution in [3.8, 4) is 5.75 Å². The molecule has 2 aromatic carbocycles. The molecule has 0 bridgehead atoms. The molecular weight excluding hydrogens is 242 g/mol. The van der Waals surface area contributed by atoms with Crippen LogP contribution >= 0.6 is 23.4 Å². The lowest BCUT2D eigenvalue weighted by molar-refractivity contribution is 0.476. The van der Waals surface area contributed by atoms with Gasteiger partial charge in [-0.25, -0.2) is 0 Å². The molecule has 80 valence electrons. The van der Waals surface area contributed by atoms with Crippen LogP contribution in [-0.4, -0.2) is 5.11 Å². The summed E-state index contributed by atoms with van der Waals surface area (Å²) in [4.78, 5) is 2.14. The lowest BCUT2D eigenvalue weighted by atomic mass is 10.2. The fourth-order valence-corrected chi connectivity index (χ4v) is 2.84. The molecule has 3 rings (SSSR count). The molecule has 0 aliphatic carbocycles. The highest BCUT2D eigenvalue weighted by atomic mass is 35.5. The molecule has 1 aliphatic heterocycles. The Kier molecular flexibility index (Phi) is 2.23. The van der Waals surface area contributed by atoms with Crippen LogP contribution in [0.5, 0.6) is 5.75 Å². The fourth-order valence-electron chi connectivity index (χ4n) is 1.67. The number of benzene rings is 2. The van der Waals surface area contributed by atoms with Gasteiger partial charge in [0.1, 0.15) is 5.75 Å². The van der Waals surface area contributed by atoms with Crippen LogP contribution in [0.15, 0.2) is 46.2 Å². The molecular formula is C12H8ClNOS. The van der Waals surface area contributed by atoms with Gasteiger partial charge in [-0.15, -0.1) is 0 Å². The van der Waals surface area contributed by atoms with Gasteiger partial charge < -0.3 is 10.4 Å². The van der Waals surface area contributed by atoms with E-state index in [4.69, 9.17) is 11.6 Å². The topological polar surface area (TPSA) is 32.3 Å². The van der Waals surface area contributed by atoms with E-state index >= 15 is 0 Å². The summed E-state index contributed by atoms with van der Waals surface area (Å²) in [5.41, 5.74) is 1.69. The van der Waals surface area contributed by atoms with Crippen molar-refractivity contribution >= 4 is 34.7 Å². The predicted octanol–water partition coefficient (Wildman–Crippen LogP) is 4.25. The maximum Gasteiger partial charge on any atom is 0.140 e. The molecule has 0 saturated heterocycles. The molecule has 1 aliphatic rings. The molecule has 0 aromatic heterocycles. The zero-order valence-electron chi connectivity index (χ0n) is 8.20. The minimum absolute atomic E-state index is 0.260. The van der Waals surface area contributed by atoms with Crippen LogP contribution in [0, 0.1) is 0 Å². The van der Waals surface area contributed by atoms with Crippen molar-refractivity contribution in [1.82, 2.24) is 0 Å². The Bertz CT molecular complexity index is 571. The molecule has 0 unspecified atom stereocenters. The average molecular weight is 250 g/mol. The van der Waals surface area contributed by atoms with Gasteiger partial charge in [0.05, 0.1) is 11.4 Å². The summed E-state index contributed by atoms with van der Waals surface area (Å²) in [6.07, 6.45) is 0. The lowest BCUT2D eigenvalue weighted by Gasteiger charge is -2.21. The van der Waals surface area contributed by atoms with E-state index < -0.39 is 0 Å². The van der Waals surface area contributed by atoms with Crippen LogP contribution in [0.4, 0.5) is 11.4 Å². The van der Waals surface area contributed by atoms with Gasteiger partial charge >= 0.3 is 0 Å². The summed E-state index contributed by atoms with van der Waals surface area (Å²) in [6.45, 7) is 0. The van der Waals surface area contributed by atoms with E-state index in [1.165, 1.54) is 0 Å². The number of anilines is 2. The number of phenolic OH excluding ortho intramolecular Hbond substituents is 1. The molecule has 2 aromatic rings. The number of phenols is 1. The van der Waals surface area contributed by atoms with Gasteiger partial charge in [0.15, 0.2) is 0 Å². The van der Waals surface area contributed by atoms with E-state index in [9.17, 15) is 5.11 Å². The van der Waals surface area contributed by atoms with E-state index in [0.717, 1.165) is 21.2 Å². The van der Waals surface area contributed by atoms with Gasteiger partial charge in [-0.1, -0.05) is 29.4 Å². The van der Waals surface area contributed by atoms with Crippen molar-refractivity contribution in [3.63, 3.8) is 0 Å². The standard InChI is InChI=1S/C12H8ClNOS/c13-7-4-5-10-8(6-7)14-12-9(15)2-1-3-11(12)16-10/h1-6,14-15H. The molecule has 0 amide bonds. The zero-order chi connectivity index (χ0) is 11.1. The molecule has 0 radical (unpaired) electrons. The Morgan fingerprint density at radius 2 is 2.00 bits per heavy atom. The molecule has 16 heavy (non-hydrogen) atoms. The monoisotopic (exact) mass is 249 g/mol. The molecule has 2 N–H and O–H groups in total. The highest BCUT2D eigenvalue weighted by Gasteiger charge is 2.17. The zero-order valence-corrected chi connectivity index (χ0v) is 9.77. The number of para-hydroxylation sites is 1. The van der Waals surface area contributed by atoms with Crippen LogP contribution in [0.3, 0.4) is 0 Å². The molecule has 0 spiro atoms. The minimum Gasteiger partial charge on any atom is -0.506 e. The molecule has 0 fully saturated rings. The van der Waals surface area contributed by atoms with Crippen molar-refractivity contribution in [1.29, 1.82) is 0 Å². The van der Waals surface area contributed by atoms with Gasteiger partial charge in [0, 0.05) is 14.8 Å². The normalized spacial score (nSPS) is 12.6. The Balaban J connectivity index is 2.13. The lowest BCUT2D eigenvalue weighted by Crippen LogP contribution is -1.99. The van der Waals surface area contributed by atoms with Crippen LogP contribution in [0.25, 0.3) is 0 Å². The minimum atomic E-state index is 0.260. The Morgan fingerprint density at radius 1 is 1.12 bits per heavy atom. The van der Waals surface area contributed by atoms with E-state index in [0.29, 0.717) is 5.02 Å². The second-order valence-electron chi connectivity index (χ2n) is 3.52. The van der Waals surface area contributed by atoms with E-state index in [2.05, 4.69) is 5.32 Å². The van der Waals surface area contributed by atoms with Crippen LogP contribution in [0.2, 0.25) is 5.02 Å². The van der Waals surface area contributed by atoms with Gasteiger partial charge in [0.2, 0.25) is 0 Å². The van der Waals surface area contributed by atoms with E-state index in [1.807, 2.05) is 30.3 Å². The van der Waals surface area contributed by atoms with E-state index in [-0.39, 0.29) is 5.75 Å². The third kappa shape index (κ3) is 1.52. The van der Waals surface area contributed by atoms with Crippen molar-refractivity contribution in [2.24, 2.45) is 0 Å². The quantitative estimate of drug-likeness (QED) is 0.584. The first-order chi connectivity index (χ1) is 7.74. The average Bonchev–Trinajstić information content (AvgIpc) is 2.28. The Morgan fingerprint density at radius 3 is 2.88 bits per heavy atom. The van der Waals surface area contributed by atoms with Crippen LogP contribution in [-0.2, 0) is 0 Å². The Labute approximate surface area is 102 Å². The fraction of sp³-hybridized carbons (Fsp3) is 0. The highest BCUT2D eigenvalue weighted by Crippen LogP contribution is 2.47.